The molecule has 0 spiro atoms. The summed E-state index contributed by atoms with van der Waals surface area (Å²) in [5.74, 6) is 0.776. The van der Waals surface area contributed by atoms with Gasteiger partial charge < -0.3 is 10.1 Å². The number of amides is 1. The Kier molecular flexibility index (Phi) is 6.97. The third-order valence-electron chi connectivity index (χ3n) is 3.89. The maximum Gasteiger partial charge on any atom is 0.244 e. The second-order valence-electron chi connectivity index (χ2n) is 5.65. The first-order chi connectivity index (χ1) is 10.7. The van der Waals surface area contributed by atoms with Gasteiger partial charge >= 0.3 is 0 Å². The summed E-state index contributed by atoms with van der Waals surface area (Å²) in [5, 5.41) is 3.12. The molecule has 1 aromatic rings. The zero-order valence-electron chi connectivity index (χ0n) is 13.1. The van der Waals surface area contributed by atoms with Crippen LogP contribution in [0.15, 0.2) is 28.7 Å². The molecule has 1 aromatic carbocycles. The molecular weight excluding hydrogens is 342 g/mol. The summed E-state index contributed by atoms with van der Waals surface area (Å²) in [5.41, 5.74) is 0.909. The van der Waals surface area contributed by atoms with Gasteiger partial charge in [-0.05, 0) is 44.0 Å². The number of carbonyl (C=O) groups excluding carboxylic acids is 1. The fourth-order valence-electron chi connectivity index (χ4n) is 2.77. The normalized spacial score (nSPS) is 16.5. The lowest BCUT2D eigenvalue weighted by molar-refractivity contribution is -0.117. The van der Waals surface area contributed by atoms with Gasteiger partial charge in [0.05, 0.1) is 6.61 Å². The van der Waals surface area contributed by atoms with Crippen LogP contribution in [0.1, 0.15) is 51.0 Å². The highest BCUT2D eigenvalue weighted by Gasteiger charge is 2.13. The van der Waals surface area contributed by atoms with E-state index in [9.17, 15) is 4.79 Å². The van der Waals surface area contributed by atoms with Crippen molar-refractivity contribution >= 4 is 27.9 Å². The summed E-state index contributed by atoms with van der Waals surface area (Å²) < 4.78 is 6.56. The van der Waals surface area contributed by atoms with E-state index in [4.69, 9.17) is 4.74 Å². The van der Waals surface area contributed by atoms with Crippen LogP contribution < -0.4 is 10.1 Å². The molecule has 1 amide bonds. The molecule has 0 saturated heterocycles. The van der Waals surface area contributed by atoms with Crippen LogP contribution in [-0.2, 0) is 4.79 Å². The van der Waals surface area contributed by atoms with E-state index in [-0.39, 0.29) is 5.91 Å². The topological polar surface area (TPSA) is 38.3 Å². The zero-order chi connectivity index (χ0) is 15.8. The zero-order valence-corrected chi connectivity index (χ0v) is 14.7. The van der Waals surface area contributed by atoms with Gasteiger partial charge in [-0.2, -0.15) is 0 Å². The maximum absolute atomic E-state index is 12.1. The Bertz CT molecular complexity index is 520. The van der Waals surface area contributed by atoms with Crippen molar-refractivity contribution in [1.29, 1.82) is 0 Å². The van der Waals surface area contributed by atoms with E-state index in [1.54, 1.807) is 6.08 Å². The van der Waals surface area contributed by atoms with Gasteiger partial charge in [-0.15, -0.1) is 0 Å². The molecule has 1 saturated carbocycles. The Morgan fingerprint density at radius 3 is 2.73 bits per heavy atom. The molecule has 0 bridgehead atoms. The largest absolute Gasteiger partial charge is 0.493 e. The van der Waals surface area contributed by atoms with Gasteiger partial charge in [-0.3, -0.25) is 4.79 Å². The van der Waals surface area contributed by atoms with Gasteiger partial charge in [0.1, 0.15) is 5.75 Å². The number of rotatable bonds is 5. The van der Waals surface area contributed by atoms with Crippen molar-refractivity contribution in [2.24, 2.45) is 0 Å². The van der Waals surface area contributed by atoms with Crippen molar-refractivity contribution in [3.05, 3.63) is 34.3 Å². The van der Waals surface area contributed by atoms with Crippen LogP contribution in [0, 0.1) is 0 Å². The smallest absolute Gasteiger partial charge is 0.244 e. The third kappa shape index (κ3) is 5.48. The average Bonchev–Trinajstić information content (AvgIpc) is 2.76. The molecule has 3 nitrogen and oxygen atoms in total. The van der Waals surface area contributed by atoms with E-state index in [1.165, 1.54) is 25.7 Å². The van der Waals surface area contributed by atoms with E-state index in [0.29, 0.717) is 12.6 Å². The first-order valence-electron chi connectivity index (χ1n) is 8.10. The number of hydrogen-bond donors (Lipinski definition) is 1. The highest BCUT2D eigenvalue weighted by atomic mass is 79.9. The molecule has 1 aliphatic carbocycles. The number of halogens is 1. The molecule has 2 rings (SSSR count). The van der Waals surface area contributed by atoms with E-state index < -0.39 is 0 Å². The van der Waals surface area contributed by atoms with Crippen LogP contribution in [0.2, 0.25) is 0 Å². The van der Waals surface area contributed by atoms with Crippen LogP contribution in [0.25, 0.3) is 6.08 Å². The molecule has 0 heterocycles. The van der Waals surface area contributed by atoms with Crippen LogP contribution in [0.3, 0.4) is 0 Å². The van der Waals surface area contributed by atoms with Crippen molar-refractivity contribution in [2.75, 3.05) is 6.61 Å². The summed E-state index contributed by atoms with van der Waals surface area (Å²) in [6.07, 6.45) is 10.6. The quantitative estimate of drug-likeness (QED) is 0.606. The lowest BCUT2D eigenvalue weighted by atomic mass is 10.1. The summed E-state index contributed by atoms with van der Waals surface area (Å²) in [6, 6.07) is 6.14. The second kappa shape index (κ2) is 8.99. The Morgan fingerprint density at radius 2 is 2.05 bits per heavy atom. The second-order valence-corrected chi connectivity index (χ2v) is 6.56. The summed E-state index contributed by atoms with van der Waals surface area (Å²) >= 11 is 3.45. The Labute approximate surface area is 141 Å². The van der Waals surface area contributed by atoms with Gasteiger partial charge in [-0.25, -0.2) is 0 Å². The number of carbonyl (C=O) groups is 1. The molecule has 0 radical (unpaired) electrons. The van der Waals surface area contributed by atoms with Crippen molar-refractivity contribution < 1.29 is 9.53 Å². The molecular formula is C18H24BrNO2. The average molecular weight is 366 g/mol. The minimum Gasteiger partial charge on any atom is -0.493 e. The maximum atomic E-state index is 12.1. The van der Waals surface area contributed by atoms with E-state index in [0.717, 1.165) is 28.6 Å². The molecule has 0 aliphatic heterocycles. The number of ether oxygens (including phenoxy) is 1. The standard InChI is InChI=1S/C18H24BrNO2/c1-2-22-17-11-10-15(19)13-14(17)9-12-18(21)20-16-7-5-3-4-6-8-16/h9-13,16H,2-8H2,1H3,(H,20,21)/b12-9+. The molecule has 4 heteroatoms. The lowest BCUT2D eigenvalue weighted by Gasteiger charge is -2.14. The molecule has 1 fully saturated rings. The highest BCUT2D eigenvalue weighted by molar-refractivity contribution is 9.10. The van der Waals surface area contributed by atoms with Crippen LogP contribution in [0.5, 0.6) is 5.75 Å². The minimum atomic E-state index is -0.0191. The Hall–Kier alpha value is -1.29. The van der Waals surface area contributed by atoms with Gasteiger partial charge in [0.15, 0.2) is 0 Å². The lowest BCUT2D eigenvalue weighted by Crippen LogP contribution is -2.33. The number of nitrogens with one attached hydrogen (secondary N) is 1. The molecule has 0 unspecified atom stereocenters. The first-order valence-corrected chi connectivity index (χ1v) is 8.89. The molecule has 0 atom stereocenters. The summed E-state index contributed by atoms with van der Waals surface area (Å²) in [4.78, 5) is 12.1. The van der Waals surface area contributed by atoms with Gasteiger partial charge in [0.2, 0.25) is 5.91 Å². The Balaban J connectivity index is 1.98. The van der Waals surface area contributed by atoms with Gasteiger partial charge in [0.25, 0.3) is 0 Å². The SMILES string of the molecule is CCOc1ccc(Br)cc1/C=C/C(=O)NC1CCCCCC1. The fourth-order valence-corrected chi connectivity index (χ4v) is 3.15. The molecule has 1 aliphatic rings. The van der Waals surface area contributed by atoms with E-state index in [1.807, 2.05) is 31.2 Å². The first kappa shape index (κ1) is 17.1. The van der Waals surface area contributed by atoms with E-state index >= 15 is 0 Å². The molecule has 120 valence electrons. The van der Waals surface area contributed by atoms with E-state index in [2.05, 4.69) is 21.2 Å². The number of hydrogen-bond acceptors (Lipinski definition) is 2. The molecule has 22 heavy (non-hydrogen) atoms. The number of benzene rings is 1. The van der Waals surface area contributed by atoms with Crippen molar-refractivity contribution in [1.82, 2.24) is 5.32 Å². The summed E-state index contributed by atoms with van der Waals surface area (Å²) in [7, 11) is 0. The highest BCUT2D eigenvalue weighted by Crippen LogP contribution is 2.24. The van der Waals surface area contributed by atoms with Crippen molar-refractivity contribution in [3.8, 4) is 5.75 Å². The van der Waals surface area contributed by atoms with Crippen LogP contribution in [-0.4, -0.2) is 18.6 Å². The predicted molar refractivity (Wildman–Crippen MR) is 94.0 cm³/mol. The van der Waals surface area contributed by atoms with Crippen molar-refractivity contribution in [2.45, 2.75) is 51.5 Å². The van der Waals surface area contributed by atoms with Crippen molar-refractivity contribution in [3.63, 3.8) is 0 Å². The van der Waals surface area contributed by atoms with Crippen LogP contribution in [0.4, 0.5) is 0 Å². The molecule has 1 N–H and O–H groups in total. The monoisotopic (exact) mass is 365 g/mol. The van der Waals surface area contributed by atoms with Crippen LogP contribution >= 0.6 is 15.9 Å². The predicted octanol–water partition coefficient (Wildman–Crippen LogP) is 4.70. The van der Waals surface area contributed by atoms with Gasteiger partial charge in [0, 0.05) is 22.2 Å². The minimum absolute atomic E-state index is 0.0191. The fraction of sp³-hybridized carbons (Fsp3) is 0.500. The van der Waals surface area contributed by atoms with Gasteiger partial charge in [-0.1, -0.05) is 41.6 Å². The molecule has 0 aromatic heterocycles. The third-order valence-corrected chi connectivity index (χ3v) is 4.38. The summed E-state index contributed by atoms with van der Waals surface area (Å²) in [6.45, 7) is 2.56. The Morgan fingerprint density at radius 1 is 1.32 bits per heavy atom.